The summed E-state index contributed by atoms with van der Waals surface area (Å²) in [5.41, 5.74) is 0. The van der Waals surface area contributed by atoms with E-state index in [2.05, 4.69) is 17.5 Å². The van der Waals surface area contributed by atoms with Crippen molar-refractivity contribution >= 4 is 0 Å². The van der Waals surface area contributed by atoms with Crippen molar-refractivity contribution in [1.82, 2.24) is 5.32 Å². The minimum Gasteiger partial charge on any atom is -0.314 e. The molecular weight excluding hydrogens is 134 g/mol. The van der Waals surface area contributed by atoms with Gasteiger partial charge in [-0.05, 0) is 44.6 Å². The summed E-state index contributed by atoms with van der Waals surface area (Å²) in [4.78, 5) is 0. The van der Waals surface area contributed by atoms with E-state index in [9.17, 15) is 0 Å². The molecule has 1 nitrogen and oxygen atoms in total. The Morgan fingerprint density at radius 2 is 2.00 bits per heavy atom. The van der Waals surface area contributed by atoms with Crippen LogP contribution in [0.3, 0.4) is 0 Å². The standard InChI is InChI=1S/C10H17N/c1(3-9-4-5-9)2-8-11-10-6-7-10/h1,3,9-11H,2,4-8H2. The molecule has 2 aliphatic carbocycles. The van der Waals surface area contributed by atoms with Gasteiger partial charge in [0.25, 0.3) is 0 Å². The second-order valence-electron chi connectivity index (χ2n) is 3.78. The van der Waals surface area contributed by atoms with E-state index < -0.39 is 0 Å². The van der Waals surface area contributed by atoms with Gasteiger partial charge in [0.05, 0.1) is 0 Å². The Hall–Kier alpha value is -0.300. The molecule has 1 heteroatoms. The SMILES string of the molecule is C(=CC1CC1)CCNC1CC1. The topological polar surface area (TPSA) is 12.0 Å². The zero-order valence-corrected chi connectivity index (χ0v) is 7.05. The Labute approximate surface area is 68.9 Å². The van der Waals surface area contributed by atoms with Gasteiger partial charge in [-0.2, -0.15) is 0 Å². The molecule has 2 fully saturated rings. The van der Waals surface area contributed by atoms with Crippen LogP contribution in [0, 0.1) is 5.92 Å². The highest BCUT2D eigenvalue weighted by molar-refractivity contribution is 4.96. The Morgan fingerprint density at radius 1 is 1.18 bits per heavy atom. The van der Waals surface area contributed by atoms with E-state index in [0.717, 1.165) is 12.0 Å². The van der Waals surface area contributed by atoms with Crippen molar-refractivity contribution in [3.05, 3.63) is 12.2 Å². The highest BCUT2D eigenvalue weighted by Gasteiger charge is 2.19. The third-order valence-electron chi connectivity index (χ3n) is 2.35. The first-order valence-corrected chi connectivity index (χ1v) is 4.85. The van der Waals surface area contributed by atoms with E-state index in [0.29, 0.717) is 0 Å². The first-order valence-electron chi connectivity index (χ1n) is 4.85. The van der Waals surface area contributed by atoms with Crippen molar-refractivity contribution in [3.63, 3.8) is 0 Å². The highest BCUT2D eigenvalue weighted by atomic mass is 14.9. The maximum Gasteiger partial charge on any atom is 0.00683 e. The summed E-state index contributed by atoms with van der Waals surface area (Å²) in [5.74, 6) is 0.955. The van der Waals surface area contributed by atoms with Gasteiger partial charge in [-0.3, -0.25) is 0 Å². The average molecular weight is 151 g/mol. The van der Waals surface area contributed by atoms with Crippen molar-refractivity contribution in [2.75, 3.05) is 6.54 Å². The molecule has 0 bridgehead atoms. The van der Waals surface area contributed by atoms with Gasteiger partial charge in [0.2, 0.25) is 0 Å². The smallest absolute Gasteiger partial charge is 0.00683 e. The van der Waals surface area contributed by atoms with Crippen molar-refractivity contribution in [2.24, 2.45) is 5.92 Å². The van der Waals surface area contributed by atoms with E-state index in [1.807, 2.05) is 0 Å². The van der Waals surface area contributed by atoms with Gasteiger partial charge in [-0.25, -0.2) is 0 Å². The summed E-state index contributed by atoms with van der Waals surface area (Å²) in [6.45, 7) is 1.19. The minimum atomic E-state index is 0.879. The predicted molar refractivity (Wildman–Crippen MR) is 47.5 cm³/mol. The van der Waals surface area contributed by atoms with Gasteiger partial charge in [-0.1, -0.05) is 12.2 Å². The summed E-state index contributed by atoms with van der Waals surface area (Å²) < 4.78 is 0. The second kappa shape index (κ2) is 3.40. The number of rotatable bonds is 5. The monoisotopic (exact) mass is 151 g/mol. The summed E-state index contributed by atoms with van der Waals surface area (Å²) in [7, 11) is 0. The van der Waals surface area contributed by atoms with Gasteiger partial charge in [0.15, 0.2) is 0 Å². The van der Waals surface area contributed by atoms with Gasteiger partial charge < -0.3 is 5.32 Å². The Kier molecular flexibility index (Phi) is 2.27. The zero-order valence-electron chi connectivity index (χ0n) is 7.05. The van der Waals surface area contributed by atoms with Crippen molar-refractivity contribution < 1.29 is 0 Å². The normalized spacial score (nSPS) is 24.7. The Bertz CT molecular complexity index is 143. The summed E-state index contributed by atoms with van der Waals surface area (Å²) >= 11 is 0. The molecule has 2 saturated carbocycles. The fraction of sp³-hybridized carbons (Fsp3) is 0.800. The van der Waals surface area contributed by atoms with Crippen LogP contribution in [-0.2, 0) is 0 Å². The molecule has 1 N–H and O–H groups in total. The third kappa shape index (κ3) is 3.06. The number of nitrogens with one attached hydrogen (secondary N) is 1. The predicted octanol–water partition coefficient (Wildman–Crippen LogP) is 2.09. The molecule has 0 radical (unpaired) electrons. The first-order chi connectivity index (χ1) is 5.45. The first kappa shape index (κ1) is 7.35. The second-order valence-corrected chi connectivity index (χ2v) is 3.78. The van der Waals surface area contributed by atoms with E-state index in [4.69, 9.17) is 0 Å². The molecule has 0 heterocycles. The lowest BCUT2D eigenvalue weighted by Gasteiger charge is -1.96. The maximum atomic E-state index is 3.50. The lowest BCUT2D eigenvalue weighted by atomic mass is 10.3. The summed E-state index contributed by atoms with van der Waals surface area (Å²) in [6.07, 6.45) is 11.6. The van der Waals surface area contributed by atoms with Crippen LogP contribution in [0.4, 0.5) is 0 Å². The lowest BCUT2D eigenvalue weighted by molar-refractivity contribution is 0.689. The Balaban J connectivity index is 1.45. The zero-order chi connectivity index (χ0) is 7.52. The summed E-state index contributed by atoms with van der Waals surface area (Å²) in [6, 6.07) is 0.879. The molecule has 0 aromatic rings. The molecule has 0 unspecified atom stereocenters. The van der Waals surface area contributed by atoms with Crippen LogP contribution in [0.25, 0.3) is 0 Å². The van der Waals surface area contributed by atoms with Crippen LogP contribution in [0.1, 0.15) is 32.1 Å². The number of hydrogen-bond acceptors (Lipinski definition) is 1. The maximum absolute atomic E-state index is 3.50. The molecule has 0 atom stereocenters. The highest BCUT2D eigenvalue weighted by Crippen LogP contribution is 2.30. The van der Waals surface area contributed by atoms with Crippen LogP contribution < -0.4 is 5.32 Å². The molecule has 62 valence electrons. The molecule has 0 aliphatic heterocycles. The molecular formula is C10H17N. The largest absolute Gasteiger partial charge is 0.314 e. The number of hydrogen-bond donors (Lipinski definition) is 1. The fourth-order valence-electron chi connectivity index (χ4n) is 1.24. The van der Waals surface area contributed by atoms with Gasteiger partial charge in [0.1, 0.15) is 0 Å². The van der Waals surface area contributed by atoms with Crippen LogP contribution in [-0.4, -0.2) is 12.6 Å². The van der Waals surface area contributed by atoms with Crippen molar-refractivity contribution in [2.45, 2.75) is 38.1 Å². The fourth-order valence-corrected chi connectivity index (χ4v) is 1.24. The molecule has 0 amide bonds. The molecule has 0 aromatic heterocycles. The van der Waals surface area contributed by atoms with E-state index in [-0.39, 0.29) is 0 Å². The third-order valence-corrected chi connectivity index (χ3v) is 2.35. The molecule has 0 aromatic carbocycles. The average Bonchev–Trinajstić information content (AvgIpc) is 2.83. The Morgan fingerprint density at radius 3 is 2.64 bits per heavy atom. The van der Waals surface area contributed by atoms with E-state index in [1.165, 1.54) is 38.6 Å². The van der Waals surface area contributed by atoms with E-state index >= 15 is 0 Å². The van der Waals surface area contributed by atoms with Gasteiger partial charge in [0, 0.05) is 6.04 Å². The van der Waals surface area contributed by atoms with Crippen molar-refractivity contribution in [1.29, 1.82) is 0 Å². The molecule has 0 spiro atoms. The molecule has 2 aliphatic rings. The van der Waals surface area contributed by atoms with Gasteiger partial charge in [-0.15, -0.1) is 0 Å². The van der Waals surface area contributed by atoms with Crippen molar-refractivity contribution in [3.8, 4) is 0 Å². The minimum absolute atomic E-state index is 0.879. The van der Waals surface area contributed by atoms with Gasteiger partial charge >= 0.3 is 0 Å². The quantitative estimate of drug-likeness (QED) is 0.468. The molecule has 2 rings (SSSR count). The van der Waals surface area contributed by atoms with Crippen LogP contribution in [0.15, 0.2) is 12.2 Å². The van der Waals surface area contributed by atoms with Crippen LogP contribution in [0.5, 0.6) is 0 Å². The number of allylic oxidation sites excluding steroid dienone is 1. The molecule has 0 saturated heterocycles. The van der Waals surface area contributed by atoms with E-state index in [1.54, 1.807) is 0 Å². The van der Waals surface area contributed by atoms with Crippen LogP contribution >= 0.6 is 0 Å². The van der Waals surface area contributed by atoms with Crippen LogP contribution in [0.2, 0.25) is 0 Å². The molecule has 11 heavy (non-hydrogen) atoms. The lowest BCUT2D eigenvalue weighted by Crippen LogP contribution is -2.16. The summed E-state index contributed by atoms with van der Waals surface area (Å²) in [5, 5.41) is 3.50.